The Bertz CT molecular complexity index is 401. The molecule has 0 aromatic heterocycles. The van der Waals surface area contributed by atoms with E-state index in [4.69, 9.17) is 5.73 Å². The van der Waals surface area contributed by atoms with Gasteiger partial charge in [0.05, 0.1) is 5.54 Å². The Hall–Kier alpha value is -1.00. The van der Waals surface area contributed by atoms with Crippen LogP contribution in [0.1, 0.15) is 32.3 Å². The molecule has 1 aromatic rings. The van der Waals surface area contributed by atoms with Crippen LogP contribution in [-0.2, 0) is 4.79 Å². The van der Waals surface area contributed by atoms with Gasteiger partial charge in [0.25, 0.3) is 0 Å². The van der Waals surface area contributed by atoms with E-state index in [0.717, 1.165) is 12.2 Å². The van der Waals surface area contributed by atoms with Gasteiger partial charge in [-0.15, -0.1) is 11.8 Å². The van der Waals surface area contributed by atoms with Gasteiger partial charge in [0.2, 0.25) is 5.91 Å². The van der Waals surface area contributed by atoms with Crippen molar-refractivity contribution in [2.45, 2.75) is 44.0 Å². The molecular formula is C15H24N2OS. The van der Waals surface area contributed by atoms with E-state index in [1.807, 2.05) is 6.92 Å². The molecule has 4 heteroatoms. The summed E-state index contributed by atoms with van der Waals surface area (Å²) in [5.74, 6) is 0.802. The molecule has 19 heavy (non-hydrogen) atoms. The fourth-order valence-corrected chi connectivity index (χ4v) is 2.57. The van der Waals surface area contributed by atoms with Crippen LogP contribution >= 0.6 is 11.8 Å². The molecule has 0 fully saturated rings. The van der Waals surface area contributed by atoms with Crippen LogP contribution in [0.15, 0.2) is 29.2 Å². The minimum Gasteiger partial charge on any atom is -0.354 e. The molecule has 0 saturated carbocycles. The number of aryl methyl sites for hydroxylation is 1. The summed E-state index contributed by atoms with van der Waals surface area (Å²) in [5, 5.41) is 2.90. The van der Waals surface area contributed by atoms with Gasteiger partial charge in [-0.1, -0.05) is 31.0 Å². The van der Waals surface area contributed by atoms with Crippen LogP contribution in [-0.4, -0.2) is 23.7 Å². The molecule has 0 radical (unpaired) electrons. The van der Waals surface area contributed by atoms with Crippen molar-refractivity contribution < 1.29 is 4.79 Å². The van der Waals surface area contributed by atoms with E-state index in [-0.39, 0.29) is 5.91 Å². The van der Waals surface area contributed by atoms with Gasteiger partial charge < -0.3 is 11.1 Å². The number of rotatable bonds is 7. The number of hydrogen-bond donors (Lipinski definition) is 2. The van der Waals surface area contributed by atoms with Crippen LogP contribution in [0.4, 0.5) is 0 Å². The second-order valence-electron chi connectivity index (χ2n) is 5.08. The Morgan fingerprint density at radius 3 is 2.58 bits per heavy atom. The van der Waals surface area contributed by atoms with Crippen molar-refractivity contribution in [3.63, 3.8) is 0 Å². The Morgan fingerprint density at radius 1 is 1.37 bits per heavy atom. The highest BCUT2D eigenvalue weighted by Gasteiger charge is 2.26. The number of hydrogen-bond acceptors (Lipinski definition) is 3. The maximum atomic E-state index is 11.9. The number of amides is 1. The normalized spacial score (nSPS) is 13.9. The standard InChI is InChI=1S/C15H24N2OS/c1-4-9-15(3,16)14(18)17-10-11-19-13-7-5-12(2)6-8-13/h5-8H,4,9-11,16H2,1-3H3,(H,17,18). The SMILES string of the molecule is CCCC(C)(N)C(=O)NCCSc1ccc(C)cc1. The summed E-state index contributed by atoms with van der Waals surface area (Å²) >= 11 is 1.74. The zero-order valence-electron chi connectivity index (χ0n) is 12.0. The average molecular weight is 280 g/mol. The summed E-state index contributed by atoms with van der Waals surface area (Å²) in [4.78, 5) is 13.1. The van der Waals surface area contributed by atoms with Gasteiger partial charge in [-0.05, 0) is 32.4 Å². The summed E-state index contributed by atoms with van der Waals surface area (Å²) in [6, 6.07) is 8.40. The smallest absolute Gasteiger partial charge is 0.239 e. The van der Waals surface area contributed by atoms with Crippen LogP contribution in [0.5, 0.6) is 0 Å². The molecule has 1 unspecified atom stereocenters. The summed E-state index contributed by atoms with van der Waals surface area (Å²) in [6.07, 6.45) is 1.63. The molecule has 1 amide bonds. The van der Waals surface area contributed by atoms with Crippen molar-refractivity contribution >= 4 is 17.7 Å². The number of nitrogens with one attached hydrogen (secondary N) is 1. The lowest BCUT2D eigenvalue weighted by Gasteiger charge is -2.22. The molecule has 0 spiro atoms. The van der Waals surface area contributed by atoms with E-state index < -0.39 is 5.54 Å². The Morgan fingerprint density at radius 2 is 2.00 bits per heavy atom. The Kier molecular flexibility index (Phi) is 6.38. The van der Waals surface area contributed by atoms with Gasteiger partial charge in [0, 0.05) is 17.2 Å². The number of thioether (sulfide) groups is 1. The Balaban J connectivity index is 2.27. The van der Waals surface area contributed by atoms with E-state index in [1.54, 1.807) is 18.7 Å². The molecule has 0 aliphatic rings. The summed E-state index contributed by atoms with van der Waals surface area (Å²) in [5.41, 5.74) is 6.48. The number of carbonyl (C=O) groups excluding carboxylic acids is 1. The molecule has 1 rings (SSSR count). The first-order valence-corrected chi connectivity index (χ1v) is 7.71. The summed E-state index contributed by atoms with van der Waals surface area (Å²) < 4.78 is 0. The molecule has 0 bridgehead atoms. The van der Waals surface area contributed by atoms with Gasteiger partial charge in [-0.3, -0.25) is 4.79 Å². The fraction of sp³-hybridized carbons (Fsp3) is 0.533. The monoisotopic (exact) mass is 280 g/mol. The largest absolute Gasteiger partial charge is 0.354 e. The highest BCUT2D eigenvalue weighted by atomic mass is 32.2. The molecule has 1 aromatic carbocycles. The Labute approximate surface area is 120 Å². The zero-order chi connectivity index (χ0) is 14.3. The first-order valence-electron chi connectivity index (χ1n) is 6.72. The van der Waals surface area contributed by atoms with Crippen molar-refractivity contribution in [1.82, 2.24) is 5.32 Å². The van der Waals surface area contributed by atoms with Crippen molar-refractivity contribution in [3.05, 3.63) is 29.8 Å². The predicted octanol–water partition coefficient (Wildman–Crippen LogP) is 2.72. The van der Waals surface area contributed by atoms with Crippen LogP contribution in [0.25, 0.3) is 0 Å². The molecule has 0 aliphatic carbocycles. The maximum absolute atomic E-state index is 11.9. The predicted molar refractivity (Wildman–Crippen MR) is 82.4 cm³/mol. The first-order chi connectivity index (χ1) is 8.95. The molecule has 0 heterocycles. The highest BCUT2D eigenvalue weighted by molar-refractivity contribution is 7.99. The molecule has 0 aliphatic heterocycles. The van der Waals surface area contributed by atoms with Crippen LogP contribution < -0.4 is 11.1 Å². The van der Waals surface area contributed by atoms with Gasteiger partial charge >= 0.3 is 0 Å². The third-order valence-corrected chi connectivity index (χ3v) is 3.98. The number of carbonyl (C=O) groups is 1. The molecule has 106 valence electrons. The van der Waals surface area contributed by atoms with E-state index in [0.29, 0.717) is 13.0 Å². The quantitative estimate of drug-likeness (QED) is 0.596. The van der Waals surface area contributed by atoms with E-state index >= 15 is 0 Å². The minimum atomic E-state index is -0.747. The zero-order valence-corrected chi connectivity index (χ0v) is 12.8. The molecule has 3 N–H and O–H groups in total. The molecule has 3 nitrogen and oxygen atoms in total. The lowest BCUT2D eigenvalue weighted by molar-refractivity contribution is -0.125. The third-order valence-electron chi connectivity index (χ3n) is 2.97. The maximum Gasteiger partial charge on any atom is 0.239 e. The molecule has 0 saturated heterocycles. The second kappa shape index (κ2) is 7.56. The van der Waals surface area contributed by atoms with Gasteiger partial charge in [0.15, 0.2) is 0 Å². The van der Waals surface area contributed by atoms with E-state index in [2.05, 4.69) is 36.5 Å². The van der Waals surface area contributed by atoms with Gasteiger partial charge in [0.1, 0.15) is 0 Å². The topological polar surface area (TPSA) is 55.1 Å². The van der Waals surface area contributed by atoms with Crippen molar-refractivity contribution in [2.24, 2.45) is 5.73 Å². The lowest BCUT2D eigenvalue weighted by Crippen LogP contribution is -2.51. The minimum absolute atomic E-state index is 0.0566. The van der Waals surface area contributed by atoms with Crippen molar-refractivity contribution in [3.8, 4) is 0 Å². The average Bonchev–Trinajstić information content (AvgIpc) is 2.36. The van der Waals surface area contributed by atoms with E-state index in [9.17, 15) is 4.79 Å². The first kappa shape index (κ1) is 16.1. The summed E-state index contributed by atoms with van der Waals surface area (Å²) in [6.45, 7) is 6.54. The van der Waals surface area contributed by atoms with Crippen molar-refractivity contribution in [2.75, 3.05) is 12.3 Å². The molecular weight excluding hydrogens is 256 g/mol. The van der Waals surface area contributed by atoms with Crippen LogP contribution in [0, 0.1) is 6.92 Å². The molecule has 1 atom stereocenters. The lowest BCUT2D eigenvalue weighted by atomic mass is 9.97. The van der Waals surface area contributed by atoms with Crippen LogP contribution in [0.2, 0.25) is 0 Å². The van der Waals surface area contributed by atoms with E-state index in [1.165, 1.54) is 10.5 Å². The van der Waals surface area contributed by atoms with Gasteiger partial charge in [-0.2, -0.15) is 0 Å². The number of benzene rings is 1. The van der Waals surface area contributed by atoms with Crippen molar-refractivity contribution in [1.29, 1.82) is 0 Å². The highest BCUT2D eigenvalue weighted by Crippen LogP contribution is 2.17. The number of nitrogens with two attached hydrogens (primary N) is 1. The third kappa shape index (κ3) is 5.66. The van der Waals surface area contributed by atoms with Crippen LogP contribution in [0.3, 0.4) is 0 Å². The fourth-order valence-electron chi connectivity index (χ4n) is 1.80. The van der Waals surface area contributed by atoms with Gasteiger partial charge in [-0.25, -0.2) is 0 Å². The second-order valence-corrected chi connectivity index (χ2v) is 6.25. The summed E-state index contributed by atoms with van der Waals surface area (Å²) in [7, 11) is 0.